The largest absolute Gasteiger partial charge is 0.495 e. The van der Waals surface area contributed by atoms with Gasteiger partial charge in [-0.25, -0.2) is 5.43 Å². The quantitative estimate of drug-likeness (QED) is 0.671. The van der Waals surface area contributed by atoms with Gasteiger partial charge in [0, 0.05) is 10.7 Å². The number of nitrogens with two attached hydrogens (primary N) is 1. The van der Waals surface area contributed by atoms with E-state index in [1.165, 1.54) is 0 Å². The lowest BCUT2D eigenvalue weighted by atomic mass is 9.98. The van der Waals surface area contributed by atoms with Gasteiger partial charge in [-0.3, -0.25) is 10.8 Å². The minimum atomic E-state index is -0.204. The number of ether oxygens (including phenoxy) is 1. The highest BCUT2D eigenvalue weighted by Crippen LogP contribution is 2.30. The number of nitrogens with one attached hydrogen (secondary N) is 1. The Hall–Kier alpha value is -1.43. The van der Waals surface area contributed by atoms with Crippen molar-refractivity contribution < 1.29 is 4.74 Å². The molecule has 1 atom stereocenters. The van der Waals surface area contributed by atoms with E-state index < -0.39 is 0 Å². The molecule has 3 N–H and O–H groups in total. The predicted molar refractivity (Wildman–Crippen MR) is 78.8 cm³/mol. The van der Waals surface area contributed by atoms with Crippen molar-refractivity contribution in [1.82, 2.24) is 10.4 Å². The van der Waals surface area contributed by atoms with Crippen molar-refractivity contribution in [3.05, 3.63) is 57.8 Å². The van der Waals surface area contributed by atoms with E-state index in [9.17, 15) is 0 Å². The molecule has 1 aromatic carbocycles. The molecule has 0 aliphatic rings. The Labute approximate surface area is 121 Å². The van der Waals surface area contributed by atoms with Crippen LogP contribution in [0.2, 0.25) is 0 Å². The number of hydrogen-bond donors (Lipinski definition) is 2. The third-order valence-electron chi connectivity index (χ3n) is 3.00. The number of pyridine rings is 1. The lowest BCUT2D eigenvalue weighted by Gasteiger charge is -2.20. The van der Waals surface area contributed by atoms with Gasteiger partial charge in [0.15, 0.2) is 0 Å². The first-order valence-electron chi connectivity index (χ1n) is 5.88. The van der Waals surface area contributed by atoms with Crippen LogP contribution in [0.1, 0.15) is 22.9 Å². The van der Waals surface area contributed by atoms with Crippen LogP contribution in [0.15, 0.2) is 41.0 Å². The lowest BCUT2D eigenvalue weighted by Crippen LogP contribution is -2.30. The SMILES string of the molecule is COc1cccnc1C(NN)c1ccc(Br)cc1C. The number of rotatable bonds is 4. The lowest BCUT2D eigenvalue weighted by molar-refractivity contribution is 0.400. The van der Waals surface area contributed by atoms with Crippen LogP contribution in [-0.4, -0.2) is 12.1 Å². The van der Waals surface area contributed by atoms with Crippen LogP contribution >= 0.6 is 15.9 Å². The van der Waals surface area contributed by atoms with Crippen LogP contribution < -0.4 is 16.0 Å². The van der Waals surface area contributed by atoms with Gasteiger partial charge in [-0.15, -0.1) is 0 Å². The summed E-state index contributed by atoms with van der Waals surface area (Å²) in [6, 6.07) is 9.57. The van der Waals surface area contributed by atoms with Gasteiger partial charge in [0.25, 0.3) is 0 Å². The predicted octanol–water partition coefficient (Wildman–Crippen LogP) is 2.71. The van der Waals surface area contributed by atoms with Crippen molar-refractivity contribution in [1.29, 1.82) is 0 Å². The van der Waals surface area contributed by atoms with Crippen molar-refractivity contribution in [2.24, 2.45) is 5.84 Å². The highest BCUT2D eigenvalue weighted by atomic mass is 79.9. The third-order valence-corrected chi connectivity index (χ3v) is 3.50. The number of aromatic nitrogens is 1. The number of benzene rings is 1. The molecule has 2 rings (SSSR count). The maximum atomic E-state index is 5.71. The maximum Gasteiger partial charge on any atom is 0.142 e. The Morgan fingerprint density at radius 3 is 2.79 bits per heavy atom. The summed E-state index contributed by atoms with van der Waals surface area (Å²) in [5, 5.41) is 0. The van der Waals surface area contributed by atoms with E-state index in [1.54, 1.807) is 13.3 Å². The van der Waals surface area contributed by atoms with Gasteiger partial charge >= 0.3 is 0 Å². The summed E-state index contributed by atoms with van der Waals surface area (Å²) in [4.78, 5) is 4.38. The van der Waals surface area contributed by atoms with Crippen molar-refractivity contribution in [2.75, 3.05) is 7.11 Å². The van der Waals surface area contributed by atoms with Gasteiger partial charge in [-0.1, -0.05) is 22.0 Å². The van der Waals surface area contributed by atoms with Crippen LogP contribution in [0, 0.1) is 6.92 Å². The van der Waals surface area contributed by atoms with Crippen LogP contribution in [-0.2, 0) is 0 Å². The number of hydrogen-bond acceptors (Lipinski definition) is 4. The molecule has 0 saturated carbocycles. The first kappa shape index (κ1) is 14.0. The molecule has 2 aromatic rings. The highest BCUT2D eigenvalue weighted by Gasteiger charge is 2.19. The van der Waals surface area contributed by atoms with Crippen molar-refractivity contribution in [2.45, 2.75) is 13.0 Å². The molecular formula is C14H16BrN3O. The molecule has 1 unspecified atom stereocenters. The molecular weight excluding hydrogens is 306 g/mol. The van der Waals surface area contributed by atoms with Crippen LogP contribution in [0.3, 0.4) is 0 Å². The molecule has 4 nitrogen and oxygen atoms in total. The monoisotopic (exact) mass is 321 g/mol. The minimum Gasteiger partial charge on any atom is -0.495 e. The Morgan fingerprint density at radius 2 is 2.16 bits per heavy atom. The second kappa shape index (κ2) is 6.14. The molecule has 0 aliphatic carbocycles. The fourth-order valence-corrected chi connectivity index (χ4v) is 2.55. The highest BCUT2D eigenvalue weighted by molar-refractivity contribution is 9.10. The summed E-state index contributed by atoms with van der Waals surface area (Å²) >= 11 is 3.46. The second-order valence-electron chi connectivity index (χ2n) is 4.19. The molecule has 100 valence electrons. The molecule has 0 fully saturated rings. The molecule has 1 heterocycles. The smallest absolute Gasteiger partial charge is 0.142 e. The average Bonchev–Trinajstić information content (AvgIpc) is 2.42. The van der Waals surface area contributed by atoms with Gasteiger partial charge in [0.1, 0.15) is 11.4 Å². The molecule has 0 radical (unpaired) electrons. The van der Waals surface area contributed by atoms with Gasteiger partial charge in [0.2, 0.25) is 0 Å². The van der Waals surface area contributed by atoms with Gasteiger partial charge in [-0.05, 0) is 42.3 Å². The molecule has 0 bridgehead atoms. The standard InChI is InChI=1S/C14H16BrN3O/c1-9-8-10(15)5-6-11(9)13(18-16)14-12(19-2)4-3-7-17-14/h3-8,13,18H,16H2,1-2H3. The van der Waals surface area contributed by atoms with E-state index in [1.807, 2.05) is 31.2 Å². The van der Waals surface area contributed by atoms with Crippen molar-refractivity contribution >= 4 is 15.9 Å². The Bertz CT molecular complexity index is 574. The van der Waals surface area contributed by atoms with Crippen LogP contribution in [0.5, 0.6) is 5.75 Å². The number of methoxy groups -OCH3 is 1. The molecule has 5 heteroatoms. The minimum absolute atomic E-state index is 0.204. The first-order chi connectivity index (χ1) is 9.17. The fourth-order valence-electron chi connectivity index (χ4n) is 2.07. The molecule has 0 aliphatic heterocycles. The fraction of sp³-hybridized carbons (Fsp3) is 0.214. The van der Waals surface area contributed by atoms with E-state index in [-0.39, 0.29) is 6.04 Å². The Kier molecular flexibility index (Phi) is 4.52. The number of nitrogens with zero attached hydrogens (tertiary/aromatic N) is 1. The third kappa shape index (κ3) is 2.94. The molecule has 1 aromatic heterocycles. The summed E-state index contributed by atoms with van der Waals surface area (Å²) in [6.45, 7) is 2.04. The van der Waals surface area contributed by atoms with Crippen molar-refractivity contribution in [3.63, 3.8) is 0 Å². The zero-order valence-electron chi connectivity index (χ0n) is 10.9. The van der Waals surface area contributed by atoms with Gasteiger partial charge in [0.05, 0.1) is 13.2 Å². The number of halogens is 1. The number of aryl methyl sites for hydroxylation is 1. The Morgan fingerprint density at radius 1 is 1.37 bits per heavy atom. The van der Waals surface area contributed by atoms with Gasteiger partial charge < -0.3 is 4.74 Å². The molecule has 0 spiro atoms. The average molecular weight is 322 g/mol. The zero-order chi connectivity index (χ0) is 13.8. The van der Waals surface area contributed by atoms with E-state index >= 15 is 0 Å². The summed E-state index contributed by atoms with van der Waals surface area (Å²) in [5.41, 5.74) is 5.79. The normalized spacial score (nSPS) is 12.2. The zero-order valence-corrected chi connectivity index (χ0v) is 12.4. The van der Waals surface area contributed by atoms with E-state index in [0.29, 0.717) is 5.75 Å². The van der Waals surface area contributed by atoms with E-state index in [4.69, 9.17) is 10.6 Å². The number of hydrazine groups is 1. The molecule has 0 amide bonds. The van der Waals surface area contributed by atoms with E-state index in [0.717, 1.165) is 21.3 Å². The van der Waals surface area contributed by atoms with Gasteiger partial charge in [-0.2, -0.15) is 0 Å². The summed E-state index contributed by atoms with van der Waals surface area (Å²) < 4.78 is 6.39. The maximum absolute atomic E-state index is 5.71. The van der Waals surface area contributed by atoms with Crippen LogP contribution in [0.25, 0.3) is 0 Å². The van der Waals surface area contributed by atoms with Crippen LogP contribution in [0.4, 0.5) is 0 Å². The molecule has 19 heavy (non-hydrogen) atoms. The topological polar surface area (TPSA) is 60.2 Å². The van der Waals surface area contributed by atoms with Crippen molar-refractivity contribution in [3.8, 4) is 5.75 Å². The first-order valence-corrected chi connectivity index (χ1v) is 6.67. The summed E-state index contributed by atoms with van der Waals surface area (Å²) in [7, 11) is 1.63. The molecule has 0 saturated heterocycles. The summed E-state index contributed by atoms with van der Waals surface area (Å²) in [6.07, 6.45) is 1.73. The second-order valence-corrected chi connectivity index (χ2v) is 5.11. The Balaban J connectivity index is 2.50. The summed E-state index contributed by atoms with van der Waals surface area (Å²) in [5.74, 6) is 6.43. The van der Waals surface area contributed by atoms with E-state index in [2.05, 4.69) is 32.4 Å².